The van der Waals surface area contributed by atoms with Crippen molar-refractivity contribution in [3.63, 3.8) is 0 Å². The van der Waals surface area contributed by atoms with Gasteiger partial charge in [-0.25, -0.2) is 18.6 Å². The highest BCUT2D eigenvalue weighted by atomic mass is 35.7. The van der Waals surface area contributed by atoms with Crippen LogP contribution in [0.2, 0.25) is 0 Å². The van der Waals surface area contributed by atoms with Crippen molar-refractivity contribution in [3.8, 4) is 17.2 Å². The highest BCUT2D eigenvalue weighted by Gasteiger charge is 2.19. The number of aryl methyl sites for hydroxylation is 2. The quantitative estimate of drug-likeness (QED) is 0.535. The van der Waals surface area contributed by atoms with Crippen LogP contribution in [0, 0.1) is 17.2 Å². The van der Waals surface area contributed by atoms with Gasteiger partial charge in [-0.15, -0.1) is 10.2 Å². The first kappa shape index (κ1) is 15.3. The molecule has 104 valence electrons. The van der Waals surface area contributed by atoms with Crippen LogP contribution in [0.4, 0.5) is 0 Å². The lowest BCUT2D eigenvalue weighted by Gasteiger charge is -2.17. The van der Waals surface area contributed by atoms with Crippen LogP contribution in [0.1, 0.15) is 5.82 Å². The summed E-state index contributed by atoms with van der Waals surface area (Å²) in [7, 11) is -3.17. The lowest BCUT2D eigenvalue weighted by atomic mass is 10.2. The number of hydrogen-bond donors (Lipinski definition) is 1. The normalized spacial score (nSPS) is 10.8. The predicted molar refractivity (Wildman–Crippen MR) is 49.5 cm³/mol. The molecule has 1 N–H and O–H groups in total. The summed E-state index contributed by atoms with van der Waals surface area (Å²) in [4.78, 5) is 4.18. The van der Waals surface area contributed by atoms with E-state index in [1.807, 2.05) is 13.0 Å². The summed E-state index contributed by atoms with van der Waals surface area (Å²) < 4.78 is 40.9. The molecule has 1 aromatic carbocycles. The molecule has 2 aromatic rings. The second-order valence-electron chi connectivity index (χ2n) is 3.45. The highest BCUT2D eigenvalue weighted by Crippen LogP contribution is 2.26. The third kappa shape index (κ3) is 5.20. The average Bonchev–Trinajstić information content (AvgIpc) is 2.57. The molecule has 0 aliphatic carbocycles. The molecule has 0 amide bonds. The largest absolute Gasteiger partial charge is 0.507 e. The standard InChI is InChI=1S/C10H10N2O2.ClHO4/c1-7-11-10(14-12(7)2)8-5-3-4-6-9(8)13;2-1(3,4)5/h3-6H,1-2H3;(H,2,3,4,5). The number of para-hydroxylation sites is 1. The molecule has 19 heavy (non-hydrogen) atoms. The van der Waals surface area contributed by atoms with Gasteiger partial charge in [0, 0.05) is 11.9 Å². The fourth-order valence-corrected chi connectivity index (χ4v) is 1.20. The lowest BCUT2D eigenvalue weighted by molar-refractivity contribution is -2.00. The Hall–Kier alpha value is -1.71. The van der Waals surface area contributed by atoms with E-state index in [-0.39, 0.29) is 5.75 Å². The van der Waals surface area contributed by atoms with Crippen LogP contribution in [0.5, 0.6) is 5.75 Å². The SMILES string of the molecule is Cc1nc(-c2ccccc2O)o[n+]1C.[O-][Cl+3]([O-])([O-])[O-]. The van der Waals surface area contributed by atoms with Gasteiger partial charge in [-0.05, 0) is 12.1 Å². The maximum Gasteiger partial charge on any atom is 0.388 e. The van der Waals surface area contributed by atoms with Crippen molar-refractivity contribution in [2.45, 2.75) is 6.92 Å². The fraction of sp³-hybridized carbons (Fsp3) is 0.200. The minimum absolute atomic E-state index is 0.175. The summed E-state index contributed by atoms with van der Waals surface area (Å²) in [6.07, 6.45) is 0. The molecule has 0 aliphatic heterocycles. The molecular weight excluding hydrogens is 280 g/mol. The number of nitrogens with zero attached hydrogens (tertiary/aromatic N) is 2. The van der Waals surface area contributed by atoms with Crippen molar-refractivity contribution in [1.82, 2.24) is 4.98 Å². The minimum Gasteiger partial charge on any atom is -0.507 e. The fourth-order valence-electron chi connectivity index (χ4n) is 1.20. The number of hydrogen-bond acceptors (Lipinski definition) is 7. The molecule has 0 radical (unpaired) electrons. The van der Waals surface area contributed by atoms with Gasteiger partial charge in [-0.2, -0.15) is 0 Å². The number of halogens is 1. The van der Waals surface area contributed by atoms with Crippen LogP contribution in [0.15, 0.2) is 28.8 Å². The van der Waals surface area contributed by atoms with Crippen LogP contribution in [0.25, 0.3) is 11.5 Å². The van der Waals surface area contributed by atoms with Gasteiger partial charge in [0.05, 0.1) is 0 Å². The summed E-state index contributed by atoms with van der Waals surface area (Å²) in [5.74, 6) is 1.38. The molecule has 1 heterocycles. The Morgan fingerprint density at radius 3 is 2.16 bits per heavy atom. The first-order chi connectivity index (χ1) is 8.68. The summed E-state index contributed by atoms with van der Waals surface area (Å²) in [6.45, 7) is 1.84. The van der Waals surface area contributed by atoms with Crippen LogP contribution in [-0.4, -0.2) is 10.1 Å². The monoisotopic (exact) mass is 290 g/mol. The van der Waals surface area contributed by atoms with Gasteiger partial charge < -0.3 is 5.11 Å². The minimum atomic E-state index is -4.94. The van der Waals surface area contributed by atoms with Gasteiger partial charge in [-0.1, -0.05) is 16.9 Å². The zero-order valence-electron chi connectivity index (χ0n) is 10.1. The maximum absolute atomic E-state index is 9.55. The van der Waals surface area contributed by atoms with E-state index in [1.54, 1.807) is 30.0 Å². The predicted octanol–water partition coefficient (Wildman–Crippen LogP) is -3.58. The molecule has 0 unspecified atom stereocenters. The van der Waals surface area contributed by atoms with Crippen molar-refractivity contribution >= 4 is 0 Å². The van der Waals surface area contributed by atoms with Gasteiger partial charge in [0.15, 0.2) is 0 Å². The number of rotatable bonds is 1. The van der Waals surface area contributed by atoms with Crippen molar-refractivity contribution in [2.24, 2.45) is 7.05 Å². The molecule has 9 heteroatoms. The van der Waals surface area contributed by atoms with Crippen LogP contribution in [0.3, 0.4) is 0 Å². The summed E-state index contributed by atoms with van der Waals surface area (Å²) in [5.41, 5.74) is 0.608. The number of aromatic nitrogens is 2. The molecule has 8 nitrogen and oxygen atoms in total. The number of benzene rings is 1. The summed E-state index contributed by atoms with van der Waals surface area (Å²) in [6, 6.07) is 6.96. The van der Waals surface area contributed by atoms with E-state index >= 15 is 0 Å². The molecule has 0 atom stereocenters. The molecular formula is C10H11ClN2O6. The van der Waals surface area contributed by atoms with E-state index in [9.17, 15) is 5.11 Å². The first-order valence-electron chi connectivity index (χ1n) is 4.92. The zero-order chi connectivity index (χ0) is 14.6. The Balaban J connectivity index is 0.000000312. The highest BCUT2D eigenvalue weighted by molar-refractivity contribution is 5.61. The number of phenols is 1. The van der Waals surface area contributed by atoms with Crippen molar-refractivity contribution in [2.75, 3.05) is 0 Å². The molecule has 0 saturated heterocycles. The Morgan fingerprint density at radius 2 is 1.74 bits per heavy atom. The molecule has 0 spiro atoms. The van der Waals surface area contributed by atoms with Gasteiger partial charge in [0.2, 0.25) is 0 Å². The lowest BCUT2D eigenvalue weighted by Crippen LogP contribution is -2.68. The van der Waals surface area contributed by atoms with E-state index < -0.39 is 10.2 Å². The average molecular weight is 291 g/mol. The van der Waals surface area contributed by atoms with E-state index in [2.05, 4.69) is 4.98 Å². The molecule has 0 bridgehead atoms. The maximum atomic E-state index is 9.55. The van der Waals surface area contributed by atoms with Crippen LogP contribution >= 0.6 is 0 Å². The van der Waals surface area contributed by atoms with Crippen molar-refractivity contribution in [1.29, 1.82) is 0 Å². The smallest absolute Gasteiger partial charge is 0.388 e. The van der Waals surface area contributed by atoms with E-state index in [0.717, 1.165) is 5.82 Å². The van der Waals surface area contributed by atoms with Crippen LogP contribution in [-0.2, 0) is 7.05 Å². The molecule has 0 saturated carbocycles. The third-order valence-corrected chi connectivity index (χ3v) is 2.08. The van der Waals surface area contributed by atoms with E-state index in [1.165, 1.54) is 0 Å². The molecule has 2 rings (SSSR count). The Kier molecular flexibility index (Phi) is 4.81. The third-order valence-electron chi connectivity index (χ3n) is 2.08. The number of phenolic OH excluding ortho intramolecular Hbond substituents is 1. The second kappa shape index (κ2) is 5.95. The van der Waals surface area contributed by atoms with Crippen molar-refractivity contribution < 1.29 is 43.2 Å². The molecule has 1 aromatic heterocycles. The molecule has 0 aliphatic rings. The van der Waals surface area contributed by atoms with Crippen molar-refractivity contribution in [3.05, 3.63) is 30.1 Å². The Bertz CT molecular complexity index is 526. The van der Waals surface area contributed by atoms with E-state index in [4.69, 9.17) is 23.2 Å². The van der Waals surface area contributed by atoms with Gasteiger partial charge in [-0.3, -0.25) is 4.52 Å². The van der Waals surface area contributed by atoms with Gasteiger partial charge in [0.1, 0.15) is 18.4 Å². The van der Waals surface area contributed by atoms with Crippen LogP contribution < -0.4 is 23.4 Å². The van der Waals surface area contributed by atoms with E-state index in [0.29, 0.717) is 11.5 Å². The van der Waals surface area contributed by atoms with Gasteiger partial charge in [0.25, 0.3) is 0 Å². The summed E-state index contributed by atoms with van der Waals surface area (Å²) >= 11 is 0. The summed E-state index contributed by atoms with van der Waals surface area (Å²) in [5, 5.41) is 9.55. The van der Waals surface area contributed by atoms with Gasteiger partial charge >= 0.3 is 11.7 Å². The Labute approximate surface area is 110 Å². The first-order valence-corrected chi connectivity index (χ1v) is 6.16. The topological polar surface area (TPSA) is 142 Å². The molecule has 0 fully saturated rings. The zero-order valence-corrected chi connectivity index (χ0v) is 10.8. The number of aromatic hydroxyl groups is 1. The second-order valence-corrected chi connectivity index (χ2v) is 4.20. The Morgan fingerprint density at radius 1 is 1.21 bits per heavy atom.